The zero-order valence-corrected chi connectivity index (χ0v) is 12.6. The van der Waals surface area contributed by atoms with E-state index in [-0.39, 0.29) is 18.4 Å². The molecule has 1 aromatic heterocycles. The predicted molar refractivity (Wildman–Crippen MR) is 83.0 cm³/mol. The van der Waals surface area contributed by atoms with Crippen LogP contribution in [0.5, 0.6) is 0 Å². The van der Waals surface area contributed by atoms with E-state index in [1.54, 1.807) is 35.1 Å². The van der Waals surface area contributed by atoms with Crippen molar-refractivity contribution in [2.75, 3.05) is 5.32 Å². The topological polar surface area (TPSA) is 84.2 Å². The number of aryl methyl sites for hydroxylation is 1. The molecule has 0 spiro atoms. The lowest BCUT2D eigenvalue weighted by atomic mass is 10.1. The smallest absolute Gasteiger partial charge is 0.303 e. The van der Waals surface area contributed by atoms with Crippen LogP contribution in [0.15, 0.2) is 36.5 Å². The number of carbonyl (C=O) groups is 2. The minimum absolute atomic E-state index is 0.0657. The summed E-state index contributed by atoms with van der Waals surface area (Å²) in [6, 6.07) is 9.04. The van der Waals surface area contributed by atoms with Crippen LogP contribution < -0.4 is 5.32 Å². The molecule has 1 heterocycles. The highest BCUT2D eigenvalue weighted by molar-refractivity contribution is 6.02. The predicted octanol–water partition coefficient (Wildman–Crippen LogP) is 2.73. The van der Waals surface area contributed by atoms with Crippen molar-refractivity contribution >= 4 is 17.6 Å². The highest BCUT2D eigenvalue weighted by Crippen LogP contribution is 2.14. The van der Waals surface area contributed by atoms with Gasteiger partial charge >= 0.3 is 5.97 Å². The SMILES string of the molecule is CC(C)n1ccc(C(=O)Nc2cccc(CCC(=O)O)c2)n1. The second-order valence-corrected chi connectivity index (χ2v) is 5.32. The quantitative estimate of drug-likeness (QED) is 0.859. The molecule has 0 radical (unpaired) electrons. The molecular weight excluding hydrogens is 282 g/mol. The molecule has 6 nitrogen and oxygen atoms in total. The molecule has 6 heteroatoms. The van der Waals surface area contributed by atoms with Crippen molar-refractivity contribution in [3.8, 4) is 0 Å². The first kappa shape index (κ1) is 15.8. The van der Waals surface area contributed by atoms with E-state index in [0.717, 1.165) is 5.56 Å². The number of rotatable bonds is 6. The van der Waals surface area contributed by atoms with Crippen molar-refractivity contribution in [1.29, 1.82) is 0 Å². The molecule has 0 atom stereocenters. The number of carbonyl (C=O) groups excluding carboxylic acids is 1. The summed E-state index contributed by atoms with van der Waals surface area (Å²) in [6.45, 7) is 3.97. The lowest BCUT2D eigenvalue weighted by Gasteiger charge is -2.06. The largest absolute Gasteiger partial charge is 0.481 e. The van der Waals surface area contributed by atoms with Gasteiger partial charge in [-0.05, 0) is 44.0 Å². The van der Waals surface area contributed by atoms with E-state index in [4.69, 9.17) is 5.11 Å². The second kappa shape index (κ2) is 6.89. The van der Waals surface area contributed by atoms with Crippen LogP contribution in [0.3, 0.4) is 0 Å². The van der Waals surface area contributed by atoms with Gasteiger partial charge in [-0.15, -0.1) is 0 Å². The average molecular weight is 301 g/mol. The molecule has 22 heavy (non-hydrogen) atoms. The number of carboxylic acids is 1. The fourth-order valence-electron chi connectivity index (χ4n) is 2.00. The number of aliphatic carboxylic acids is 1. The lowest BCUT2D eigenvalue weighted by Crippen LogP contribution is -2.14. The van der Waals surface area contributed by atoms with Crippen molar-refractivity contribution in [1.82, 2.24) is 9.78 Å². The summed E-state index contributed by atoms with van der Waals surface area (Å²) in [4.78, 5) is 22.7. The first-order valence-corrected chi connectivity index (χ1v) is 7.13. The van der Waals surface area contributed by atoms with E-state index in [0.29, 0.717) is 17.8 Å². The third-order valence-electron chi connectivity index (χ3n) is 3.18. The number of carboxylic acid groups (broad SMARTS) is 1. The monoisotopic (exact) mass is 301 g/mol. The van der Waals surface area contributed by atoms with Gasteiger partial charge in [0.1, 0.15) is 0 Å². The van der Waals surface area contributed by atoms with Crippen molar-refractivity contribution in [2.24, 2.45) is 0 Å². The van der Waals surface area contributed by atoms with Crippen molar-refractivity contribution in [2.45, 2.75) is 32.7 Å². The maximum atomic E-state index is 12.1. The maximum Gasteiger partial charge on any atom is 0.303 e. The number of hydrogen-bond donors (Lipinski definition) is 2. The zero-order chi connectivity index (χ0) is 16.1. The maximum absolute atomic E-state index is 12.1. The fraction of sp³-hybridized carbons (Fsp3) is 0.312. The summed E-state index contributed by atoms with van der Waals surface area (Å²) in [5.74, 6) is -1.12. The standard InChI is InChI=1S/C16H19N3O3/c1-11(2)19-9-8-14(18-19)16(22)17-13-5-3-4-12(10-13)6-7-15(20)21/h3-5,8-11H,6-7H2,1-2H3,(H,17,22)(H,20,21). The van der Waals surface area contributed by atoms with Crippen LogP contribution in [0.4, 0.5) is 5.69 Å². The van der Waals surface area contributed by atoms with Crippen molar-refractivity contribution in [3.63, 3.8) is 0 Å². The summed E-state index contributed by atoms with van der Waals surface area (Å²) in [5, 5.41) is 15.7. The molecule has 2 rings (SSSR count). The number of nitrogens with one attached hydrogen (secondary N) is 1. The lowest BCUT2D eigenvalue weighted by molar-refractivity contribution is -0.136. The molecule has 2 N–H and O–H groups in total. The van der Waals surface area contributed by atoms with Gasteiger partial charge in [0.05, 0.1) is 0 Å². The van der Waals surface area contributed by atoms with Crippen molar-refractivity contribution < 1.29 is 14.7 Å². The Kier molecular flexibility index (Phi) is 4.93. The number of aromatic nitrogens is 2. The molecule has 0 saturated heterocycles. The van der Waals surface area contributed by atoms with Gasteiger partial charge in [0.2, 0.25) is 0 Å². The molecular formula is C16H19N3O3. The zero-order valence-electron chi connectivity index (χ0n) is 12.6. The molecule has 0 bridgehead atoms. The molecule has 1 aromatic carbocycles. The summed E-state index contributed by atoms with van der Waals surface area (Å²) in [7, 11) is 0. The third-order valence-corrected chi connectivity index (χ3v) is 3.18. The van der Waals surface area contributed by atoms with E-state index in [1.807, 2.05) is 19.9 Å². The van der Waals surface area contributed by atoms with Crippen LogP contribution in [0.2, 0.25) is 0 Å². The van der Waals surface area contributed by atoms with Gasteiger partial charge < -0.3 is 10.4 Å². The van der Waals surface area contributed by atoms with Gasteiger partial charge in [0.15, 0.2) is 5.69 Å². The normalized spacial score (nSPS) is 10.7. The van der Waals surface area contributed by atoms with E-state index in [2.05, 4.69) is 10.4 Å². The van der Waals surface area contributed by atoms with E-state index < -0.39 is 5.97 Å². The molecule has 0 aliphatic rings. The first-order valence-electron chi connectivity index (χ1n) is 7.13. The molecule has 116 valence electrons. The van der Waals surface area contributed by atoms with Gasteiger partial charge in [0.25, 0.3) is 5.91 Å². The minimum Gasteiger partial charge on any atom is -0.481 e. The molecule has 0 aliphatic heterocycles. The van der Waals surface area contributed by atoms with Crippen LogP contribution in [0, 0.1) is 0 Å². The van der Waals surface area contributed by atoms with E-state index in [1.165, 1.54) is 0 Å². The Balaban J connectivity index is 2.04. The van der Waals surface area contributed by atoms with Gasteiger partial charge in [-0.1, -0.05) is 12.1 Å². The Morgan fingerprint density at radius 1 is 1.32 bits per heavy atom. The summed E-state index contributed by atoms with van der Waals surface area (Å²) >= 11 is 0. The van der Waals surface area contributed by atoms with Crippen molar-refractivity contribution in [3.05, 3.63) is 47.8 Å². The Bertz CT molecular complexity index is 677. The molecule has 2 aromatic rings. The molecule has 0 unspecified atom stereocenters. The number of anilines is 1. The van der Waals surface area contributed by atoms with Crippen LogP contribution >= 0.6 is 0 Å². The second-order valence-electron chi connectivity index (χ2n) is 5.32. The number of hydrogen-bond acceptors (Lipinski definition) is 3. The van der Waals surface area contributed by atoms with E-state index in [9.17, 15) is 9.59 Å². The summed E-state index contributed by atoms with van der Waals surface area (Å²) in [5.41, 5.74) is 1.85. The van der Waals surface area contributed by atoms with E-state index >= 15 is 0 Å². The summed E-state index contributed by atoms with van der Waals surface area (Å²) in [6.07, 6.45) is 2.26. The van der Waals surface area contributed by atoms with Gasteiger partial charge in [-0.2, -0.15) is 5.10 Å². The highest BCUT2D eigenvalue weighted by atomic mass is 16.4. The Morgan fingerprint density at radius 2 is 2.09 bits per heavy atom. The number of amides is 1. The Morgan fingerprint density at radius 3 is 2.73 bits per heavy atom. The third kappa shape index (κ3) is 4.18. The molecule has 0 aliphatic carbocycles. The summed E-state index contributed by atoms with van der Waals surface area (Å²) < 4.78 is 1.72. The average Bonchev–Trinajstić information content (AvgIpc) is 2.95. The fourth-order valence-corrected chi connectivity index (χ4v) is 2.00. The number of benzene rings is 1. The molecule has 0 fully saturated rings. The Hall–Kier alpha value is -2.63. The highest BCUT2D eigenvalue weighted by Gasteiger charge is 2.11. The van der Waals surface area contributed by atoms with Crippen LogP contribution in [-0.4, -0.2) is 26.8 Å². The van der Waals surface area contributed by atoms with Gasteiger partial charge in [-0.25, -0.2) is 0 Å². The van der Waals surface area contributed by atoms with Crippen LogP contribution in [-0.2, 0) is 11.2 Å². The number of nitrogens with zero attached hydrogens (tertiary/aromatic N) is 2. The van der Waals surface area contributed by atoms with Crippen LogP contribution in [0.1, 0.15) is 42.4 Å². The van der Waals surface area contributed by atoms with Crippen LogP contribution in [0.25, 0.3) is 0 Å². The van der Waals surface area contributed by atoms with Gasteiger partial charge in [-0.3, -0.25) is 14.3 Å². The minimum atomic E-state index is -0.839. The Labute approximate surface area is 128 Å². The molecule has 0 saturated carbocycles. The van der Waals surface area contributed by atoms with Gasteiger partial charge in [0, 0.05) is 24.3 Å². The molecule has 1 amide bonds. The first-order chi connectivity index (χ1) is 10.5.